The lowest BCUT2D eigenvalue weighted by molar-refractivity contribution is -0.122. The molecule has 1 aliphatic rings. The molecule has 1 aliphatic heterocycles. The lowest BCUT2D eigenvalue weighted by Crippen LogP contribution is -2.28. The molecule has 0 saturated carbocycles. The molecule has 8 nitrogen and oxygen atoms in total. The van der Waals surface area contributed by atoms with Crippen molar-refractivity contribution in [3.05, 3.63) is 64.6 Å². The third-order valence-electron chi connectivity index (χ3n) is 4.56. The largest absolute Gasteiger partial charge is 0.439 e. The van der Waals surface area contributed by atoms with Gasteiger partial charge >= 0.3 is 5.76 Å². The van der Waals surface area contributed by atoms with Crippen LogP contribution in [-0.2, 0) is 9.59 Å². The van der Waals surface area contributed by atoms with Crippen molar-refractivity contribution in [2.45, 2.75) is 6.42 Å². The van der Waals surface area contributed by atoms with Crippen molar-refractivity contribution in [3.8, 4) is 11.4 Å². The second-order valence-electron chi connectivity index (χ2n) is 6.51. The molecule has 148 valence electrons. The molecule has 0 spiro atoms. The van der Waals surface area contributed by atoms with Crippen molar-refractivity contribution in [2.24, 2.45) is 5.92 Å². The molecule has 1 saturated heterocycles. The molecule has 1 unspecified atom stereocenters. The fourth-order valence-corrected chi connectivity index (χ4v) is 3.13. The normalized spacial score (nSPS) is 16.3. The van der Waals surface area contributed by atoms with Crippen LogP contribution < -0.4 is 16.0 Å². The summed E-state index contributed by atoms with van der Waals surface area (Å²) in [6.45, 7) is -0.00845. The number of H-pyrrole nitrogens is 1. The van der Waals surface area contributed by atoms with E-state index in [2.05, 4.69) is 20.0 Å². The Morgan fingerprint density at radius 1 is 1.17 bits per heavy atom. The Morgan fingerprint density at radius 3 is 2.59 bits per heavy atom. The summed E-state index contributed by atoms with van der Waals surface area (Å²) in [7, 11) is 0. The highest BCUT2D eigenvalue weighted by molar-refractivity contribution is 6.03. The van der Waals surface area contributed by atoms with Crippen LogP contribution in [0.5, 0.6) is 0 Å². The Bertz CT molecular complexity index is 1140. The van der Waals surface area contributed by atoms with Crippen LogP contribution in [0.3, 0.4) is 0 Å². The summed E-state index contributed by atoms with van der Waals surface area (Å²) in [6, 6.07) is 9.40. The molecular weight excluding hydrogens is 386 g/mol. The van der Waals surface area contributed by atoms with Gasteiger partial charge in [-0.3, -0.25) is 19.1 Å². The van der Waals surface area contributed by atoms with Gasteiger partial charge in [0.05, 0.1) is 11.6 Å². The Morgan fingerprint density at radius 2 is 1.93 bits per heavy atom. The number of hydrogen-bond donors (Lipinski definition) is 2. The van der Waals surface area contributed by atoms with E-state index >= 15 is 0 Å². The van der Waals surface area contributed by atoms with Gasteiger partial charge in [-0.1, -0.05) is 5.16 Å². The first kappa shape index (κ1) is 18.5. The molecule has 2 heterocycles. The molecule has 4 rings (SSSR count). The third-order valence-corrected chi connectivity index (χ3v) is 4.56. The maximum Gasteiger partial charge on any atom is 0.439 e. The van der Waals surface area contributed by atoms with Crippen LogP contribution >= 0.6 is 0 Å². The topological polar surface area (TPSA) is 108 Å². The van der Waals surface area contributed by atoms with E-state index in [-0.39, 0.29) is 24.5 Å². The molecule has 29 heavy (non-hydrogen) atoms. The quantitative estimate of drug-likeness (QED) is 0.699. The van der Waals surface area contributed by atoms with Crippen molar-refractivity contribution in [3.63, 3.8) is 0 Å². The number of hydrogen-bond acceptors (Lipinski definition) is 5. The minimum Gasteiger partial charge on any atom is -0.326 e. The Hall–Kier alpha value is -3.82. The fourth-order valence-electron chi connectivity index (χ4n) is 3.13. The van der Waals surface area contributed by atoms with Crippen LogP contribution in [0, 0.1) is 17.6 Å². The third kappa shape index (κ3) is 3.77. The lowest BCUT2D eigenvalue weighted by Gasteiger charge is -2.17. The van der Waals surface area contributed by atoms with Crippen LogP contribution in [0.4, 0.5) is 20.2 Å². The number of halogens is 2. The fraction of sp³-hybridized carbons (Fsp3) is 0.158. The minimum absolute atomic E-state index is 0.00845. The molecule has 0 bridgehead atoms. The zero-order valence-corrected chi connectivity index (χ0v) is 14.8. The number of carbonyl (C=O) groups is 2. The number of rotatable bonds is 4. The van der Waals surface area contributed by atoms with Crippen molar-refractivity contribution in [1.82, 2.24) is 10.1 Å². The highest BCUT2D eigenvalue weighted by Gasteiger charge is 2.36. The van der Waals surface area contributed by atoms with E-state index in [1.54, 1.807) is 24.3 Å². The van der Waals surface area contributed by atoms with Gasteiger partial charge in [0, 0.05) is 30.3 Å². The Labute approximate surface area is 162 Å². The molecule has 2 N–H and O–H groups in total. The van der Waals surface area contributed by atoms with Gasteiger partial charge in [-0.15, -0.1) is 0 Å². The Kier molecular flexibility index (Phi) is 4.67. The van der Waals surface area contributed by atoms with Crippen molar-refractivity contribution in [2.75, 3.05) is 16.8 Å². The van der Waals surface area contributed by atoms with E-state index in [1.165, 1.54) is 6.07 Å². The average Bonchev–Trinajstić information content (AvgIpc) is 3.28. The highest BCUT2D eigenvalue weighted by Crippen LogP contribution is 2.28. The summed E-state index contributed by atoms with van der Waals surface area (Å²) in [6.07, 6.45) is -0.0824. The van der Waals surface area contributed by atoms with Crippen LogP contribution in [0.25, 0.3) is 11.4 Å². The number of nitrogens with one attached hydrogen (secondary N) is 2. The summed E-state index contributed by atoms with van der Waals surface area (Å²) >= 11 is 0. The predicted octanol–water partition coefficient (Wildman–Crippen LogP) is 2.30. The van der Waals surface area contributed by atoms with Crippen molar-refractivity contribution < 1.29 is 22.9 Å². The monoisotopic (exact) mass is 400 g/mol. The number of nitrogens with zero attached hydrogens (tertiary/aromatic N) is 2. The summed E-state index contributed by atoms with van der Waals surface area (Å²) in [4.78, 5) is 39.3. The zero-order chi connectivity index (χ0) is 20.5. The van der Waals surface area contributed by atoms with Crippen molar-refractivity contribution in [1.29, 1.82) is 0 Å². The molecule has 1 atom stereocenters. The first-order chi connectivity index (χ1) is 13.9. The lowest BCUT2D eigenvalue weighted by atomic mass is 10.1. The average molecular weight is 400 g/mol. The molecule has 1 fully saturated rings. The standard InChI is InChI=1S/C19H14F2N4O4/c20-12-3-6-15(14(21)8-12)25-9-11(7-16(25)26)18(27)22-13-4-1-10(2-5-13)17-23-19(28)29-24-17/h1-6,8,11H,7,9H2,(H,22,27)(H,23,24,28). The molecule has 10 heteroatoms. The molecule has 0 aliphatic carbocycles. The van der Waals surface area contributed by atoms with Gasteiger partial charge in [0.15, 0.2) is 5.82 Å². The maximum absolute atomic E-state index is 14.0. The number of aromatic nitrogens is 2. The SMILES string of the molecule is O=C(Nc1ccc(-c2noc(=O)[nH]2)cc1)C1CC(=O)N(c2ccc(F)cc2F)C1. The summed E-state index contributed by atoms with van der Waals surface area (Å²) in [5, 5.41) is 6.27. The molecular formula is C19H14F2N4O4. The van der Waals surface area contributed by atoms with Gasteiger partial charge < -0.3 is 10.2 Å². The van der Waals surface area contributed by atoms with E-state index < -0.39 is 35.1 Å². The van der Waals surface area contributed by atoms with E-state index in [1.807, 2.05) is 0 Å². The molecule has 1 aromatic heterocycles. The first-order valence-electron chi connectivity index (χ1n) is 8.63. The van der Waals surface area contributed by atoms with Gasteiger partial charge in [0.2, 0.25) is 11.8 Å². The number of aromatic amines is 1. The van der Waals surface area contributed by atoms with E-state index in [0.717, 1.165) is 11.0 Å². The molecule has 0 radical (unpaired) electrons. The minimum atomic E-state index is -0.860. The first-order valence-corrected chi connectivity index (χ1v) is 8.63. The molecule has 2 aromatic carbocycles. The van der Waals surface area contributed by atoms with Crippen LogP contribution in [0.2, 0.25) is 0 Å². The molecule has 2 amide bonds. The van der Waals surface area contributed by atoms with Gasteiger partial charge in [0.25, 0.3) is 0 Å². The van der Waals surface area contributed by atoms with Crippen LogP contribution in [0.1, 0.15) is 6.42 Å². The number of amides is 2. The second kappa shape index (κ2) is 7.30. The second-order valence-corrected chi connectivity index (χ2v) is 6.51. The van der Waals surface area contributed by atoms with Gasteiger partial charge in [0.1, 0.15) is 11.6 Å². The number of anilines is 2. The van der Waals surface area contributed by atoms with E-state index in [9.17, 15) is 23.2 Å². The Balaban J connectivity index is 1.44. The smallest absolute Gasteiger partial charge is 0.326 e. The van der Waals surface area contributed by atoms with Gasteiger partial charge in [-0.25, -0.2) is 13.6 Å². The summed E-state index contributed by atoms with van der Waals surface area (Å²) in [5.41, 5.74) is 1.00. The van der Waals surface area contributed by atoms with Crippen LogP contribution in [-0.4, -0.2) is 28.5 Å². The van der Waals surface area contributed by atoms with Gasteiger partial charge in [-0.05, 0) is 36.4 Å². The number of carbonyl (C=O) groups excluding carboxylic acids is 2. The van der Waals surface area contributed by atoms with Crippen molar-refractivity contribution >= 4 is 23.2 Å². The van der Waals surface area contributed by atoms with Crippen LogP contribution in [0.15, 0.2) is 51.8 Å². The summed E-state index contributed by atoms with van der Waals surface area (Å²) < 4.78 is 31.5. The zero-order valence-electron chi connectivity index (χ0n) is 14.8. The molecule has 3 aromatic rings. The summed E-state index contributed by atoms with van der Waals surface area (Å²) in [5.74, 6) is -3.52. The maximum atomic E-state index is 14.0. The van der Waals surface area contributed by atoms with E-state index in [0.29, 0.717) is 17.3 Å². The van der Waals surface area contributed by atoms with E-state index in [4.69, 9.17) is 0 Å². The van der Waals surface area contributed by atoms with Gasteiger partial charge in [-0.2, -0.15) is 0 Å². The highest BCUT2D eigenvalue weighted by atomic mass is 19.1. The predicted molar refractivity (Wildman–Crippen MR) is 98.0 cm³/mol. The number of benzene rings is 2.